The van der Waals surface area contributed by atoms with Crippen LogP contribution in [-0.4, -0.2) is 0 Å². The molecule has 0 aromatic heterocycles. The number of hydrogen-bond donors (Lipinski definition) is 0. The van der Waals surface area contributed by atoms with Gasteiger partial charge in [-0.05, 0) is 36.6 Å². The molecule has 66 valence electrons. The van der Waals surface area contributed by atoms with Crippen LogP contribution in [0.1, 0.15) is 29.7 Å². The molecule has 3 rings (SSSR count). The van der Waals surface area contributed by atoms with Crippen molar-refractivity contribution in [3.05, 3.63) is 47.0 Å². The summed E-state index contributed by atoms with van der Waals surface area (Å²) in [6.45, 7) is 4.29. The molecule has 0 aliphatic carbocycles. The molecule has 2 aliphatic rings. The number of ether oxygens (including phenoxy) is 1. The highest BCUT2D eigenvalue weighted by atomic mass is 16.5. The van der Waals surface area contributed by atoms with Crippen molar-refractivity contribution in [1.82, 2.24) is 0 Å². The van der Waals surface area contributed by atoms with Crippen LogP contribution in [0.4, 0.5) is 0 Å². The Balaban J connectivity index is 2.33. The molecule has 1 aromatic carbocycles. The zero-order valence-electron chi connectivity index (χ0n) is 7.87. The zero-order chi connectivity index (χ0) is 9.05. The Morgan fingerprint density at radius 3 is 3.00 bits per heavy atom. The number of rotatable bonds is 0. The first-order valence-electron chi connectivity index (χ1n) is 4.68. The van der Waals surface area contributed by atoms with Gasteiger partial charge in [0.05, 0.1) is 0 Å². The molecule has 1 heteroatoms. The van der Waals surface area contributed by atoms with Gasteiger partial charge in [0, 0.05) is 0 Å². The van der Waals surface area contributed by atoms with Gasteiger partial charge >= 0.3 is 0 Å². The molecule has 0 spiro atoms. The second kappa shape index (κ2) is 2.05. The smallest absolute Gasteiger partial charge is 0.110 e. The second-order valence-electron chi connectivity index (χ2n) is 4.04. The minimum absolute atomic E-state index is 0.147. The maximum absolute atomic E-state index is 5.90. The lowest BCUT2D eigenvalue weighted by molar-refractivity contribution is 0.0112. The number of benzene rings is 1. The van der Waals surface area contributed by atoms with Crippen molar-refractivity contribution in [3.63, 3.8) is 0 Å². The molecule has 2 atom stereocenters. The van der Waals surface area contributed by atoms with E-state index in [0.29, 0.717) is 0 Å². The van der Waals surface area contributed by atoms with Crippen LogP contribution in [0.15, 0.2) is 30.4 Å². The maximum Gasteiger partial charge on any atom is 0.110 e. The van der Waals surface area contributed by atoms with E-state index >= 15 is 0 Å². The summed E-state index contributed by atoms with van der Waals surface area (Å²) in [7, 11) is 0. The summed E-state index contributed by atoms with van der Waals surface area (Å²) in [5.41, 5.74) is 3.93. The van der Waals surface area contributed by atoms with Crippen LogP contribution in [0.25, 0.3) is 0 Å². The topological polar surface area (TPSA) is 9.23 Å². The van der Waals surface area contributed by atoms with Gasteiger partial charge in [-0.3, -0.25) is 0 Å². The molecule has 2 unspecified atom stereocenters. The second-order valence-corrected chi connectivity index (χ2v) is 4.04. The average Bonchev–Trinajstić information content (AvgIpc) is 2.59. The Bertz CT molecular complexity index is 406. The zero-order valence-corrected chi connectivity index (χ0v) is 7.87. The first-order chi connectivity index (χ1) is 6.21. The van der Waals surface area contributed by atoms with Crippen LogP contribution in [0, 0.1) is 6.92 Å². The van der Waals surface area contributed by atoms with Crippen LogP contribution in [0.5, 0.6) is 0 Å². The fourth-order valence-corrected chi connectivity index (χ4v) is 2.41. The summed E-state index contributed by atoms with van der Waals surface area (Å²) in [6, 6.07) is 6.43. The van der Waals surface area contributed by atoms with Gasteiger partial charge in [-0.25, -0.2) is 0 Å². The third kappa shape index (κ3) is 0.755. The summed E-state index contributed by atoms with van der Waals surface area (Å²) in [5, 5.41) is 0. The van der Waals surface area contributed by atoms with Gasteiger partial charge in [-0.1, -0.05) is 24.3 Å². The predicted octanol–water partition coefficient (Wildman–Crippen LogP) is 2.85. The molecule has 2 aliphatic heterocycles. The van der Waals surface area contributed by atoms with E-state index in [2.05, 4.69) is 44.2 Å². The lowest BCUT2D eigenvalue weighted by atomic mass is 9.86. The first kappa shape index (κ1) is 7.34. The van der Waals surface area contributed by atoms with Crippen molar-refractivity contribution >= 4 is 0 Å². The number of aryl methyl sites for hydroxylation is 1. The maximum atomic E-state index is 5.90. The normalized spacial score (nSPS) is 33.8. The molecule has 0 N–H and O–H groups in total. The monoisotopic (exact) mass is 172 g/mol. The summed E-state index contributed by atoms with van der Waals surface area (Å²) in [5.74, 6) is 0. The lowest BCUT2D eigenvalue weighted by Gasteiger charge is -2.18. The van der Waals surface area contributed by atoms with E-state index in [-0.39, 0.29) is 11.7 Å². The standard InChI is InChI=1S/C12H12O/c1-8-4-3-5-9-11(8)10-6-7-12(9,2)13-10/h3-7,10H,1-2H3. The Kier molecular flexibility index (Phi) is 1.15. The van der Waals surface area contributed by atoms with Gasteiger partial charge in [0.25, 0.3) is 0 Å². The van der Waals surface area contributed by atoms with Gasteiger partial charge in [0.2, 0.25) is 0 Å². The molecule has 2 heterocycles. The molecule has 13 heavy (non-hydrogen) atoms. The van der Waals surface area contributed by atoms with Crippen LogP contribution >= 0.6 is 0 Å². The van der Waals surface area contributed by atoms with Crippen LogP contribution in [-0.2, 0) is 10.3 Å². The summed E-state index contributed by atoms with van der Waals surface area (Å²) in [4.78, 5) is 0. The van der Waals surface area contributed by atoms with Crippen LogP contribution in [0.3, 0.4) is 0 Å². The Morgan fingerprint density at radius 2 is 2.23 bits per heavy atom. The molecular weight excluding hydrogens is 160 g/mol. The van der Waals surface area contributed by atoms with Crippen molar-refractivity contribution in [3.8, 4) is 0 Å². The van der Waals surface area contributed by atoms with Gasteiger partial charge in [-0.15, -0.1) is 0 Å². The first-order valence-corrected chi connectivity index (χ1v) is 4.68. The number of hydrogen-bond acceptors (Lipinski definition) is 1. The largest absolute Gasteiger partial charge is 0.354 e. The van der Waals surface area contributed by atoms with Crippen LogP contribution < -0.4 is 0 Å². The Morgan fingerprint density at radius 1 is 1.38 bits per heavy atom. The van der Waals surface area contributed by atoms with E-state index < -0.39 is 0 Å². The molecule has 0 amide bonds. The van der Waals surface area contributed by atoms with E-state index in [9.17, 15) is 0 Å². The third-order valence-electron chi connectivity index (χ3n) is 3.10. The quantitative estimate of drug-likeness (QED) is 0.547. The average molecular weight is 172 g/mol. The van der Waals surface area contributed by atoms with Crippen molar-refractivity contribution in [2.75, 3.05) is 0 Å². The minimum Gasteiger partial charge on any atom is -0.354 e. The van der Waals surface area contributed by atoms with Crippen molar-refractivity contribution in [1.29, 1.82) is 0 Å². The van der Waals surface area contributed by atoms with E-state index in [1.54, 1.807) is 0 Å². The highest BCUT2D eigenvalue weighted by molar-refractivity contribution is 5.50. The molecule has 0 fully saturated rings. The van der Waals surface area contributed by atoms with Gasteiger partial charge in [0.1, 0.15) is 11.7 Å². The van der Waals surface area contributed by atoms with E-state index in [0.717, 1.165) is 0 Å². The Hall–Kier alpha value is -1.08. The highest BCUT2D eigenvalue weighted by Gasteiger charge is 2.43. The minimum atomic E-state index is -0.147. The number of fused-ring (bicyclic) bond motifs is 5. The van der Waals surface area contributed by atoms with Crippen LogP contribution in [0.2, 0.25) is 0 Å². The van der Waals surface area contributed by atoms with Crippen molar-refractivity contribution < 1.29 is 4.74 Å². The summed E-state index contributed by atoms with van der Waals surface area (Å²) < 4.78 is 5.90. The van der Waals surface area contributed by atoms with E-state index in [1.165, 1.54) is 16.7 Å². The fourth-order valence-electron chi connectivity index (χ4n) is 2.41. The molecular formula is C12H12O. The molecule has 1 nitrogen and oxygen atoms in total. The molecule has 1 aromatic rings. The van der Waals surface area contributed by atoms with E-state index in [1.807, 2.05) is 0 Å². The SMILES string of the molecule is Cc1cccc2c1C1C=CC2(C)O1. The highest BCUT2D eigenvalue weighted by Crippen LogP contribution is 2.50. The van der Waals surface area contributed by atoms with Gasteiger partial charge in [0.15, 0.2) is 0 Å². The molecule has 0 radical (unpaired) electrons. The van der Waals surface area contributed by atoms with E-state index in [4.69, 9.17) is 4.74 Å². The summed E-state index contributed by atoms with van der Waals surface area (Å²) >= 11 is 0. The van der Waals surface area contributed by atoms with Crippen molar-refractivity contribution in [2.45, 2.75) is 25.6 Å². The Labute approximate surface area is 78.0 Å². The third-order valence-corrected chi connectivity index (χ3v) is 3.10. The van der Waals surface area contributed by atoms with Gasteiger partial charge < -0.3 is 4.74 Å². The molecule has 2 bridgehead atoms. The molecule has 0 saturated heterocycles. The lowest BCUT2D eigenvalue weighted by Crippen LogP contribution is -2.14. The van der Waals surface area contributed by atoms with Crippen molar-refractivity contribution in [2.24, 2.45) is 0 Å². The van der Waals surface area contributed by atoms with Gasteiger partial charge in [-0.2, -0.15) is 0 Å². The fraction of sp³-hybridized carbons (Fsp3) is 0.333. The molecule has 0 saturated carbocycles. The predicted molar refractivity (Wildman–Crippen MR) is 51.5 cm³/mol. The summed E-state index contributed by atoms with van der Waals surface area (Å²) in [6.07, 6.45) is 4.54.